The van der Waals surface area contributed by atoms with E-state index in [4.69, 9.17) is 0 Å². The monoisotopic (exact) mass is 186 g/mol. The molecule has 1 N–H and O–H groups in total. The second-order valence-electron chi connectivity index (χ2n) is 3.39. The molecule has 0 bridgehead atoms. The Bertz CT molecular complexity index is 190. The van der Waals surface area contributed by atoms with E-state index < -0.39 is 12.0 Å². The van der Waals surface area contributed by atoms with Gasteiger partial charge < -0.3 is 9.84 Å². The van der Waals surface area contributed by atoms with Gasteiger partial charge in [-0.1, -0.05) is 11.6 Å². The molecule has 0 aliphatic carbocycles. The minimum atomic E-state index is -0.664. The summed E-state index contributed by atoms with van der Waals surface area (Å²) in [5, 5.41) is 9.30. The molecule has 0 fully saturated rings. The van der Waals surface area contributed by atoms with Gasteiger partial charge in [-0.25, -0.2) is 0 Å². The third-order valence-corrected chi connectivity index (χ3v) is 1.87. The van der Waals surface area contributed by atoms with Gasteiger partial charge >= 0.3 is 5.97 Å². The molecular weight excluding hydrogens is 168 g/mol. The number of carbonyl (C=O) groups excluding carboxylic acids is 1. The lowest BCUT2D eigenvalue weighted by Crippen LogP contribution is -2.26. The van der Waals surface area contributed by atoms with Crippen LogP contribution in [-0.2, 0) is 9.53 Å². The van der Waals surface area contributed by atoms with Gasteiger partial charge in [0, 0.05) is 0 Å². The molecule has 0 amide bonds. The van der Waals surface area contributed by atoms with Crippen molar-refractivity contribution in [3.05, 3.63) is 11.6 Å². The number of methoxy groups -OCH3 is 1. The summed E-state index contributed by atoms with van der Waals surface area (Å²) in [6.45, 7) is 5.51. The van der Waals surface area contributed by atoms with E-state index in [1.165, 1.54) is 7.11 Å². The minimum absolute atomic E-state index is 0.354. The summed E-state index contributed by atoms with van der Waals surface area (Å²) in [4.78, 5) is 11.2. The standard InChI is InChI=1S/C10H18O3/c1-7(2)5-6-9(8(3)11)10(12)13-4/h5,8-9,11H,6H2,1-4H3. The zero-order valence-electron chi connectivity index (χ0n) is 8.70. The number of aliphatic hydroxyl groups is 1. The predicted octanol–water partition coefficient (Wildman–Crippen LogP) is 1.51. The van der Waals surface area contributed by atoms with E-state index in [0.29, 0.717) is 6.42 Å². The molecule has 0 heterocycles. The fraction of sp³-hybridized carbons (Fsp3) is 0.700. The van der Waals surface area contributed by atoms with Crippen LogP contribution >= 0.6 is 0 Å². The van der Waals surface area contributed by atoms with Crippen molar-refractivity contribution in [1.29, 1.82) is 0 Å². The van der Waals surface area contributed by atoms with Gasteiger partial charge in [0.1, 0.15) is 0 Å². The molecule has 0 aromatic rings. The normalized spacial score (nSPS) is 14.5. The Labute approximate surface area is 79.4 Å². The number of rotatable bonds is 4. The van der Waals surface area contributed by atoms with Crippen molar-refractivity contribution in [2.45, 2.75) is 33.3 Å². The Hall–Kier alpha value is -0.830. The lowest BCUT2D eigenvalue weighted by Gasteiger charge is -2.15. The topological polar surface area (TPSA) is 46.5 Å². The van der Waals surface area contributed by atoms with Gasteiger partial charge in [-0.15, -0.1) is 0 Å². The molecule has 0 aromatic carbocycles. The number of esters is 1. The summed E-state index contributed by atoms with van der Waals surface area (Å²) < 4.78 is 4.58. The molecule has 0 saturated heterocycles. The zero-order valence-corrected chi connectivity index (χ0v) is 8.70. The van der Waals surface area contributed by atoms with Crippen LogP contribution in [0.25, 0.3) is 0 Å². The van der Waals surface area contributed by atoms with E-state index in [0.717, 1.165) is 5.57 Å². The van der Waals surface area contributed by atoms with E-state index in [1.807, 2.05) is 19.9 Å². The predicted molar refractivity (Wildman–Crippen MR) is 51.2 cm³/mol. The maximum absolute atomic E-state index is 11.2. The fourth-order valence-corrected chi connectivity index (χ4v) is 1.00. The van der Waals surface area contributed by atoms with Crippen LogP contribution < -0.4 is 0 Å². The Morgan fingerprint density at radius 2 is 2.08 bits per heavy atom. The van der Waals surface area contributed by atoms with Gasteiger partial charge in [0.25, 0.3) is 0 Å². The minimum Gasteiger partial charge on any atom is -0.469 e. The van der Waals surface area contributed by atoms with Crippen molar-refractivity contribution >= 4 is 5.97 Å². The van der Waals surface area contributed by atoms with Gasteiger partial charge in [0.05, 0.1) is 19.1 Å². The Kier molecular flexibility index (Phi) is 5.39. The Balaban J connectivity index is 4.27. The molecule has 3 nitrogen and oxygen atoms in total. The summed E-state index contributed by atoms with van der Waals surface area (Å²) in [5.41, 5.74) is 1.13. The molecule has 13 heavy (non-hydrogen) atoms. The van der Waals surface area contributed by atoms with Crippen LogP contribution in [0.2, 0.25) is 0 Å². The number of carbonyl (C=O) groups is 1. The quantitative estimate of drug-likeness (QED) is 0.534. The molecule has 0 spiro atoms. The highest BCUT2D eigenvalue weighted by Gasteiger charge is 2.22. The molecule has 76 valence electrons. The van der Waals surface area contributed by atoms with E-state index in [9.17, 15) is 9.90 Å². The molecule has 0 radical (unpaired) electrons. The van der Waals surface area contributed by atoms with Crippen LogP contribution in [-0.4, -0.2) is 24.3 Å². The van der Waals surface area contributed by atoms with E-state index in [2.05, 4.69) is 4.74 Å². The smallest absolute Gasteiger partial charge is 0.311 e. The number of hydrogen-bond donors (Lipinski definition) is 1. The largest absolute Gasteiger partial charge is 0.469 e. The number of allylic oxidation sites excluding steroid dienone is 2. The van der Waals surface area contributed by atoms with Crippen LogP contribution in [0.4, 0.5) is 0 Å². The van der Waals surface area contributed by atoms with E-state index in [1.54, 1.807) is 6.92 Å². The molecule has 0 aromatic heterocycles. The third-order valence-electron chi connectivity index (χ3n) is 1.87. The van der Waals surface area contributed by atoms with E-state index in [-0.39, 0.29) is 5.97 Å². The maximum Gasteiger partial charge on any atom is 0.311 e. The van der Waals surface area contributed by atoms with Crippen molar-refractivity contribution in [3.63, 3.8) is 0 Å². The summed E-state index contributed by atoms with van der Waals surface area (Å²) in [5.74, 6) is -0.799. The summed E-state index contributed by atoms with van der Waals surface area (Å²) in [6, 6.07) is 0. The van der Waals surface area contributed by atoms with Crippen molar-refractivity contribution in [1.82, 2.24) is 0 Å². The van der Waals surface area contributed by atoms with Crippen LogP contribution in [0, 0.1) is 5.92 Å². The van der Waals surface area contributed by atoms with Gasteiger partial charge in [-0.05, 0) is 27.2 Å². The Morgan fingerprint density at radius 3 is 2.38 bits per heavy atom. The van der Waals surface area contributed by atoms with Gasteiger partial charge in [-0.3, -0.25) is 4.79 Å². The first-order chi connectivity index (χ1) is 5.99. The van der Waals surface area contributed by atoms with Crippen molar-refractivity contribution in [3.8, 4) is 0 Å². The van der Waals surface area contributed by atoms with Crippen LogP contribution in [0.15, 0.2) is 11.6 Å². The summed E-state index contributed by atoms with van der Waals surface area (Å²) >= 11 is 0. The summed E-state index contributed by atoms with van der Waals surface area (Å²) in [6.07, 6.45) is 1.80. The molecule has 2 unspecified atom stereocenters. The molecule has 0 aliphatic heterocycles. The van der Waals surface area contributed by atoms with Gasteiger partial charge in [0.15, 0.2) is 0 Å². The SMILES string of the molecule is COC(=O)C(CC=C(C)C)C(C)O. The molecular formula is C10H18O3. The molecule has 3 heteroatoms. The highest BCUT2D eigenvalue weighted by atomic mass is 16.5. The lowest BCUT2D eigenvalue weighted by molar-refractivity contribution is -0.148. The fourth-order valence-electron chi connectivity index (χ4n) is 1.00. The lowest BCUT2D eigenvalue weighted by atomic mass is 9.99. The van der Waals surface area contributed by atoms with Gasteiger partial charge in [0.2, 0.25) is 0 Å². The summed E-state index contributed by atoms with van der Waals surface area (Å²) in [7, 11) is 1.33. The average Bonchev–Trinajstić information content (AvgIpc) is 2.03. The third kappa shape index (κ3) is 4.68. The zero-order chi connectivity index (χ0) is 10.4. The Morgan fingerprint density at radius 1 is 1.54 bits per heavy atom. The first-order valence-corrected chi connectivity index (χ1v) is 4.38. The van der Waals surface area contributed by atoms with Crippen LogP contribution in [0.5, 0.6) is 0 Å². The number of aliphatic hydroxyl groups excluding tert-OH is 1. The first kappa shape index (κ1) is 12.2. The number of hydrogen-bond acceptors (Lipinski definition) is 3. The first-order valence-electron chi connectivity index (χ1n) is 4.38. The average molecular weight is 186 g/mol. The molecule has 0 rings (SSSR count). The van der Waals surface area contributed by atoms with Crippen LogP contribution in [0.1, 0.15) is 27.2 Å². The maximum atomic E-state index is 11.2. The second kappa shape index (κ2) is 5.75. The van der Waals surface area contributed by atoms with E-state index >= 15 is 0 Å². The van der Waals surface area contributed by atoms with Crippen molar-refractivity contribution in [2.24, 2.45) is 5.92 Å². The van der Waals surface area contributed by atoms with Crippen LogP contribution in [0.3, 0.4) is 0 Å². The number of ether oxygens (including phenoxy) is 1. The molecule has 0 aliphatic rings. The highest BCUT2D eigenvalue weighted by molar-refractivity contribution is 5.73. The molecule has 2 atom stereocenters. The second-order valence-corrected chi connectivity index (χ2v) is 3.39. The van der Waals surface area contributed by atoms with Crippen molar-refractivity contribution in [2.75, 3.05) is 7.11 Å². The van der Waals surface area contributed by atoms with Gasteiger partial charge in [-0.2, -0.15) is 0 Å². The van der Waals surface area contributed by atoms with Crippen molar-refractivity contribution < 1.29 is 14.6 Å². The molecule has 0 saturated carbocycles. The highest BCUT2D eigenvalue weighted by Crippen LogP contribution is 2.12.